The van der Waals surface area contributed by atoms with Gasteiger partial charge in [0.25, 0.3) is 0 Å². The topological polar surface area (TPSA) is 58.2 Å². The standard InChI is InChI=1S/C13H22N2O2S2/c1-3-14-7-6-12-4-5-13(18-12)19(16,17)15-11-8-10(2)9-11/h4-5,10-11,14-15H,3,6-9H2,1-2H3. The minimum Gasteiger partial charge on any atom is -0.317 e. The molecule has 0 saturated heterocycles. The summed E-state index contributed by atoms with van der Waals surface area (Å²) in [5, 5.41) is 3.24. The van der Waals surface area contributed by atoms with Crippen LogP contribution < -0.4 is 10.0 Å². The molecule has 0 atom stereocenters. The van der Waals surface area contributed by atoms with Crippen LogP contribution in [0.2, 0.25) is 0 Å². The van der Waals surface area contributed by atoms with Gasteiger partial charge >= 0.3 is 0 Å². The van der Waals surface area contributed by atoms with Crippen LogP contribution in [0.25, 0.3) is 0 Å². The van der Waals surface area contributed by atoms with Crippen molar-refractivity contribution in [2.24, 2.45) is 5.92 Å². The average molecular weight is 302 g/mol. The minimum atomic E-state index is -3.31. The fourth-order valence-corrected chi connectivity index (χ4v) is 4.94. The first-order valence-electron chi connectivity index (χ1n) is 6.83. The summed E-state index contributed by atoms with van der Waals surface area (Å²) in [4.78, 5) is 1.11. The van der Waals surface area contributed by atoms with Crippen molar-refractivity contribution in [1.82, 2.24) is 10.0 Å². The molecule has 0 aromatic carbocycles. The zero-order valence-corrected chi connectivity index (χ0v) is 13.1. The van der Waals surface area contributed by atoms with Crippen LogP contribution in [0.5, 0.6) is 0 Å². The van der Waals surface area contributed by atoms with E-state index in [1.165, 1.54) is 11.3 Å². The van der Waals surface area contributed by atoms with Gasteiger partial charge in [-0.3, -0.25) is 0 Å². The van der Waals surface area contributed by atoms with Gasteiger partial charge in [-0.15, -0.1) is 11.3 Å². The van der Waals surface area contributed by atoms with E-state index in [2.05, 4.69) is 23.9 Å². The molecule has 2 rings (SSSR count). The number of thiophene rings is 1. The maximum Gasteiger partial charge on any atom is 0.250 e. The molecule has 19 heavy (non-hydrogen) atoms. The highest BCUT2D eigenvalue weighted by molar-refractivity contribution is 7.91. The lowest BCUT2D eigenvalue weighted by Crippen LogP contribution is -2.43. The molecule has 1 heterocycles. The van der Waals surface area contributed by atoms with E-state index in [9.17, 15) is 8.42 Å². The van der Waals surface area contributed by atoms with Gasteiger partial charge in [0.05, 0.1) is 0 Å². The van der Waals surface area contributed by atoms with Gasteiger partial charge in [-0.2, -0.15) is 0 Å². The molecular formula is C13H22N2O2S2. The first-order chi connectivity index (χ1) is 9.01. The third-order valence-corrected chi connectivity index (χ3v) is 6.55. The van der Waals surface area contributed by atoms with Gasteiger partial charge in [-0.05, 0) is 50.4 Å². The van der Waals surface area contributed by atoms with Gasteiger partial charge in [-0.1, -0.05) is 13.8 Å². The van der Waals surface area contributed by atoms with E-state index in [1.807, 2.05) is 6.07 Å². The Morgan fingerprint density at radius 2 is 2.11 bits per heavy atom. The van der Waals surface area contributed by atoms with E-state index in [4.69, 9.17) is 0 Å². The summed E-state index contributed by atoms with van der Waals surface area (Å²) < 4.78 is 27.6. The summed E-state index contributed by atoms with van der Waals surface area (Å²) in [6, 6.07) is 3.77. The van der Waals surface area contributed by atoms with Crippen molar-refractivity contribution in [3.05, 3.63) is 17.0 Å². The number of rotatable bonds is 7. The molecule has 6 heteroatoms. The number of likely N-dealkylation sites (N-methyl/N-ethyl adjacent to an activating group) is 1. The monoisotopic (exact) mass is 302 g/mol. The number of hydrogen-bond acceptors (Lipinski definition) is 4. The van der Waals surface area contributed by atoms with Crippen molar-refractivity contribution >= 4 is 21.4 Å². The second kappa shape index (κ2) is 6.35. The van der Waals surface area contributed by atoms with Gasteiger partial charge in [0.15, 0.2) is 0 Å². The molecule has 1 fully saturated rings. The molecule has 0 unspecified atom stereocenters. The van der Waals surface area contributed by atoms with E-state index in [-0.39, 0.29) is 6.04 Å². The van der Waals surface area contributed by atoms with E-state index in [0.717, 1.165) is 37.2 Å². The van der Waals surface area contributed by atoms with Crippen LogP contribution in [0.15, 0.2) is 16.3 Å². The van der Waals surface area contributed by atoms with Crippen LogP contribution in [-0.2, 0) is 16.4 Å². The molecule has 1 aliphatic rings. The predicted molar refractivity (Wildman–Crippen MR) is 79.1 cm³/mol. The summed E-state index contributed by atoms with van der Waals surface area (Å²) in [6.07, 6.45) is 2.80. The summed E-state index contributed by atoms with van der Waals surface area (Å²) in [6.45, 7) is 6.05. The third kappa shape index (κ3) is 4.02. The van der Waals surface area contributed by atoms with Crippen LogP contribution >= 0.6 is 11.3 Å². The lowest BCUT2D eigenvalue weighted by atomic mass is 9.83. The zero-order valence-electron chi connectivity index (χ0n) is 11.5. The maximum atomic E-state index is 12.2. The highest BCUT2D eigenvalue weighted by Crippen LogP contribution is 2.29. The highest BCUT2D eigenvalue weighted by Gasteiger charge is 2.30. The lowest BCUT2D eigenvalue weighted by molar-refractivity contribution is 0.270. The average Bonchev–Trinajstić information content (AvgIpc) is 2.77. The highest BCUT2D eigenvalue weighted by atomic mass is 32.2. The third-order valence-electron chi connectivity index (χ3n) is 3.40. The summed E-state index contributed by atoms with van der Waals surface area (Å²) >= 11 is 1.38. The van der Waals surface area contributed by atoms with Crippen LogP contribution in [0.3, 0.4) is 0 Å². The molecule has 1 aliphatic carbocycles. The Hall–Kier alpha value is -0.430. The van der Waals surface area contributed by atoms with Gasteiger partial charge < -0.3 is 5.32 Å². The molecular weight excluding hydrogens is 280 g/mol. The normalized spacial score (nSPS) is 23.3. The largest absolute Gasteiger partial charge is 0.317 e. The quantitative estimate of drug-likeness (QED) is 0.757. The van der Waals surface area contributed by atoms with E-state index in [0.29, 0.717) is 10.1 Å². The van der Waals surface area contributed by atoms with E-state index in [1.54, 1.807) is 6.07 Å². The molecule has 4 nitrogen and oxygen atoms in total. The SMILES string of the molecule is CCNCCc1ccc(S(=O)(=O)NC2CC(C)C2)s1. The second-order valence-corrected chi connectivity index (χ2v) is 8.33. The van der Waals surface area contributed by atoms with Crippen molar-refractivity contribution < 1.29 is 8.42 Å². The van der Waals surface area contributed by atoms with Gasteiger partial charge in [0, 0.05) is 10.9 Å². The Labute approximate surface area is 119 Å². The van der Waals surface area contributed by atoms with Crippen LogP contribution in [-0.4, -0.2) is 27.5 Å². The molecule has 1 aromatic rings. The fraction of sp³-hybridized carbons (Fsp3) is 0.692. The van der Waals surface area contributed by atoms with Crippen LogP contribution in [0, 0.1) is 5.92 Å². The summed E-state index contributed by atoms with van der Waals surface area (Å²) in [7, 11) is -3.31. The van der Waals surface area contributed by atoms with E-state index < -0.39 is 10.0 Å². The smallest absolute Gasteiger partial charge is 0.250 e. The summed E-state index contributed by atoms with van der Waals surface area (Å²) in [5.41, 5.74) is 0. The first-order valence-corrected chi connectivity index (χ1v) is 9.13. The molecule has 0 amide bonds. The predicted octanol–water partition coefficient (Wildman–Crippen LogP) is 1.98. The molecule has 1 saturated carbocycles. The van der Waals surface area contributed by atoms with Gasteiger partial charge in [0.2, 0.25) is 10.0 Å². The first kappa shape index (κ1) is 15.0. The number of sulfonamides is 1. The molecule has 0 radical (unpaired) electrons. The minimum absolute atomic E-state index is 0.132. The molecule has 0 bridgehead atoms. The van der Waals surface area contributed by atoms with Crippen molar-refractivity contribution in [3.8, 4) is 0 Å². The molecule has 1 aromatic heterocycles. The van der Waals surface area contributed by atoms with Crippen LogP contribution in [0.1, 0.15) is 31.6 Å². The van der Waals surface area contributed by atoms with Crippen molar-refractivity contribution in [3.63, 3.8) is 0 Å². The van der Waals surface area contributed by atoms with E-state index >= 15 is 0 Å². The fourth-order valence-electron chi connectivity index (χ4n) is 2.30. The van der Waals surface area contributed by atoms with Crippen LogP contribution in [0.4, 0.5) is 0 Å². The molecule has 108 valence electrons. The lowest BCUT2D eigenvalue weighted by Gasteiger charge is -2.32. The Morgan fingerprint density at radius 3 is 2.74 bits per heavy atom. The number of nitrogens with one attached hydrogen (secondary N) is 2. The Balaban J connectivity index is 1.92. The maximum absolute atomic E-state index is 12.2. The zero-order chi connectivity index (χ0) is 13.9. The Kier molecular flexibility index (Phi) is 5.00. The Bertz CT molecular complexity index is 504. The van der Waals surface area contributed by atoms with Crippen molar-refractivity contribution in [1.29, 1.82) is 0 Å². The Morgan fingerprint density at radius 1 is 1.37 bits per heavy atom. The number of hydrogen-bond donors (Lipinski definition) is 2. The van der Waals surface area contributed by atoms with Gasteiger partial charge in [0.1, 0.15) is 4.21 Å². The van der Waals surface area contributed by atoms with Gasteiger partial charge in [-0.25, -0.2) is 13.1 Å². The second-order valence-electron chi connectivity index (χ2n) is 5.22. The van der Waals surface area contributed by atoms with Crippen molar-refractivity contribution in [2.75, 3.05) is 13.1 Å². The molecule has 0 spiro atoms. The molecule has 2 N–H and O–H groups in total. The molecule has 0 aliphatic heterocycles. The summed E-state index contributed by atoms with van der Waals surface area (Å²) in [5.74, 6) is 0.645. The van der Waals surface area contributed by atoms with Crippen molar-refractivity contribution in [2.45, 2.75) is 43.4 Å².